The quantitative estimate of drug-likeness (QED) is 0.811. The molecule has 2 aromatic rings. The van der Waals surface area contributed by atoms with Crippen molar-refractivity contribution in [3.63, 3.8) is 0 Å². The Morgan fingerprint density at radius 1 is 1.44 bits per heavy atom. The molecule has 1 N–H and O–H groups in total. The normalized spacial score (nSPS) is 15.2. The number of nitrogens with one attached hydrogen (secondary N) is 1. The summed E-state index contributed by atoms with van der Waals surface area (Å²) in [4.78, 5) is 18.0. The monoisotopic (exact) mass is 403 g/mol. The van der Waals surface area contributed by atoms with Crippen molar-refractivity contribution in [2.75, 3.05) is 5.32 Å². The van der Waals surface area contributed by atoms with Crippen molar-refractivity contribution >= 4 is 46.9 Å². The Labute approximate surface area is 161 Å². The van der Waals surface area contributed by atoms with E-state index in [9.17, 15) is 9.18 Å². The third-order valence-electron chi connectivity index (χ3n) is 4.18. The Kier molecular flexibility index (Phi) is 7.04. The molecule has 0 saturated heterocycles. The average molecular weight is 404 g/mol. The number of hydrogen-bond donors (Lipinski definition) is 1. The number of benzene rings is 1. The highest BCUT2D eigenvalue weighted by Crippen LogP contribution is 2.23. The summed E-state index contributed by atoms with van der Waals surface area (Å²) in [5, 5.41) is 4.87. The molecule has 25 heavy (non-hydrogen) atoms. The topological polar surface area (TPSA) is 46.4 Å². The Bertz CT molecular complexity index is 812. The lowest BCUT2D eigenvalue weighted by atomic mass is 10.2. The summed E-state index contributed by atoms with van der Waals surface area (Å²) in [6, 6.07) is 4.32. The van der Waals surface area contributed by atoms with Crippen LogP contribution in [0.5, 0.6) is 0 Å². The maximum absolute atomic E-state index is 13.0. The molecule has 1 heterocycles. The molecule has 1 fully saturated rings. The Hall–Kier alpha value is -1.37. The van der Waals surface area contributed by atoms with Crippen molar-refractivity contribution in [1.82, 2.24) is 4.57 Å². The Morgan fingerprint density at radius 3 is 2.84 bits per heavy atom. The van der Waals surface area contributed by atoms with Crippen molar-refractivity contribution in [1.29, 1.82) is 0 Å². The molecular formula is C17H20Cl2FN3OS. The van der Waals surface area contributed by atoms with Gasteiger partial charge in [0.2, 0.25) is 5.91 Å². The first-order chi connectivity index (χ1) is 11.5. The van der Waals surface area contributed by atoms with Gasteiger partial charge in [-0.05, 0) is 31.0 Å². The fourth-order valence-corrected chi connectivity index (χ4v) is 4.00. The van der Waals surface area contributed by atoms with E-state index < -0.39 is 5.82 Å². The number of halogens is 3. The number of amides is 1. The molecule has 4 nitrogen and oxygen atoms in total. The van der Waals surface area contributed by atoms with E-state index in [-0.39, 0.29) is 29.8 Å². The second-order valence-electron chi connectivity index (χ2n) is 5.99. The minimum atomic E-state index is -0.430. The summed E-state index contributed by atoms with van der Waals surface area (Å²) in [5.41, 5.74) is 1.31. The predicted octanol–water partition coefficient (Wildman–Crippen LogP) is 4.33. The van der Waals surface area contributed by atoms with Crippen LogP contribution >= 0.6 is 35.3 Å². The molecule has 0 unspecified atom stereocenters. The predicted molar refractivity (Wildman–Crippen MR) is 102 cm³/mol. The minimum absolute atomic E-state index is 0. The molecule has 0 spiro atoms. The van der Waals surface area contributed by atoms with Crippen molar-refractivity contribution in [3.05, 3.63) is 44.9 Å². The van der Waals surface area contributed by atoms with Crippen molar-refractivity contribution in [2.45, 2.75) is 38.1 Å². The molecule has 0 aliphatic heterocycles. The van der Waals surface area contributed by atoms with Crippen LogP contribution in [-0.2, 0) is 18.3 Å². The summed E-state index contributed by atoms with van der Waals surface area (Å²) < 4.78 is 15.0. The van der Waals surface area contributed by atoms with E-state index in [4.69, 9.17) is 16.6 Å². The molecule has 1 aliphatic carbocycles. The molecule has 0 atom stereocenters. The van der Waals surface area contributed by atoms with E-state index in [2.05, 4.69) is 5.32 Å². The molecule has 136 valence electrons. The summed E-state index contributed by atoms with van der Waals surface area (Å²) in [5.74, 6) is -0.621. The molecule has 3 rings (SSSR count). The van der Waals surface area contributed by atoms with Crippen LogP contribution in [0.4, 0.5) is 10.1 Å². The lowest BCUT2D eigenvalue weighted by Gasteiger charge is -2.08. The van der Waals surface area contributed by atoms with Gasteiger partial charge in [-0.15, -0.1) is 23.7 Å². The number of nitrogens with zero attached hydrogens (tertiary/aromatic N) is 2. The maximum Gasteiger partial charge on any atom is 0.230 e. The van der Waals surface area contributed by atoms with Gasteiger partial charge in [-0.1, -0.05) is 24.4 Å². The molecule has 1 aromatic heterocycles. The van der Waals surface area contributed by atoms with Crippen molar-refractivity contribution < 1.29 is 9.18 Å². The molecular weight excluding hydrogens is 384 g/mol. The van der Waals surface area contributed by atoms with Crippen LogP contribution in [0.1, 0.15) is 31.4 Å². The lowest BCUT2D eigenvalue weighted by molar-refractivity contribution is -0.115. The number of anilines is 1. The molecule has 1 amide bonds. The van der Waals surface area contributed by atoms with Gasteiger partial charge in [-0.25, -0.2) is 4.39 Å². The number of carbonyl (C=O) groups is 1. The number of aromatic nitrogens is 1. The molecule has 1 aromatic carbocycles. The van der Waals surface area contributed by atoms with Crippen LogP contribution in [0.3, 0.4) is 0 Å². The van der Waals surface area contributed by atoms with E-state index in [1.54, 1.807) is 11.3 Å². The molecule has 1 saturated carbocycles. The van der Waals surface area contributed by atoms with E-state index in [0.29, 0.717) is 11.7 Å². The number of carbonyl (C=O) groups excluding carboxylic acids is 1. The van der Waals surface area contributed by atoms with E-state index in [0.717, 1.165) is 23.3 Å². The SMILES string of the molecule is Cl.Cn1c(CC(=O)Nc2ccc(F)cc2Cl)csc1=NC1CCCC1. The van der Waals surface area contributed by atoms with Gasteiger partial charge in [0, 0.05) is 18.1 Å². The van der Waals surface area contributed by atoms with E-state index in [1.807, 2.05) is 17.0 Å². The second kappa shape index (κ2) is 8.83. The highest BCUT2D eigenvalue weighted by atomic mass is 35.5. The van der Waals surface area contributed by atoms with Gasteiger partial charge in [0.1, 0.15) is 5.82 Å². The highest BCUT2D eigenvalue weighted by Gasteiger charge is 2.15. The first-order valence-corrected chi connectivity index (χ1v) is 9.21. The van der Waals surface area contributed by atoms with Gasteiger partial charge in [-0.2, -0.15) is 0 Å². The van der Waals surface area contributed by atoms with Crippen LogP contribution in [0.15, 0.2) is 28.6 Å². The molecule has 1 aliphatic rings. The van der Waals surface area contributed by atoms with Crippen LogP contribution < -0.4 is 10.1 Å². The Balaban J connectivity index is 0.00000225. The van der Waals surface area contributed by atoms with Crippen LogP contribution in [0, 0.1) is 5.82 Å². The zero-order chi connectivity index (χ0) is 17.1. The van der Waals surface area contributed by atoms with Crippen LogP contribution in [0.2, 0.25) is 5.02 Å². The third kappa shape index (κ3) is 5.06. The lowest BCUT2D eigenvalue weighted by Crippen LogP contribution is -2.21. The standard InChI is InChI=1S/C17H19ClFN3OS.ClH/c1-22-13(10-24-17(22)20-12-4-2-3-5-12)9-16(23)21-15-7-6-11(19)8-14(15)18;/h6-8,10,12H,2-5,9H2,1H3,(H,21,23);1H. The molecule has 0 bridgehead atoms. The third-order valence-corrected chi connectivity index (χ3v) is 5.48. The summed E-state index contributed by atoms with van der Waals surface area (Å²) in [6.07, 6.45) is 5.02. The van der Waals surface area contributed by atoms with E-state index >= 15 is 0 Å². The summed E-state index contributed by atoms with van der Waals surface area (Å²) in [6.45, 7) is 0. The molecule has 0 radical (unpaired) electrons. The fourth-order valence-electron chi connectivity index (χ4n) is 2.82. The highest BCUT2D eigenvalue weighted by molar-refractivity contribution is 7.07. The Morgan fingerprint density at radius 2 is 2.16 bits per heavy atom. The van der Waals surface area contributed by atoms with Crippen molar-refractivity contribution in [3.8, 4) is 0 Å². The zero-order valence-electron chi connectivity index (χ0n) is 13.8. The van der Waals surface area contributed by atoms with Gasteiger partial charge in [0.25, 0.3) is 0 Å². The summed E-state index contributed by atoms with van der Waals surface area (Å²) in [7, 11) is 1.93. The first-order valence-electron chi connectivity index (χ1n) is 7.95. The summed E-state index contributed by atoms with van der Waals surface area (Å²) >= 11 is 7.49. The average Bonchev–Trinajstić information content (AvgIpc) is 3.16. The minimum Gasteiger partial charge on any atom is -0.324 e. The van der Waals surface area contributed by atoms with Gasteiger partial charge < -0.3 is 9.88 Å². The first kappa shape index (κ1) is 19.9. The van der Waals surface area contributed by atoms with E-state index in [1.165, 1.54) is 31.0 Å². The number of hydrogen-bond acceptors (Lipinski definition) is 3. The van der Waals surface area contributed by atoms with Crippen LogP contribution in [-0.4, -0.2) is 16.5 Å². The largest absolute Gasteiger partial charge is 0.324 e. The second-order valence-corrected chi connectivity index (χ2v) is 7.23. The zero-order valence-corrected chi connectivity index (χ0v) is 16.2. The number of rotatable bonds is 4. The van der Waals surface area contributed by atoms with Gasteiger partial charge in [0.05, 0.1) is 23.2 Å². The van der Waals surface area contributed by atoms with Gasteiger partial charge in [0.15, 0.2) is 4.80 Å². The van der Waals surface area contributed by atoms with Crippen LogP contribution in [0.25, 0.3) is 0 Å². The van der Waals surface area contributed by atoms with Crippen molar-refractivity contribution in [2.24, 2.45) is 12.0 Å². The smallest absolute Gasteiger partial charge is 0.230 e. The van der Waals surface area contributed by atoms with Gasteiger partial charge >= 0.3 is 0 Å². The fraction of sp³-hybridized carbons (Fsp3) is 0.412. The maximum atomic E-state index is 13.0. The molecule has 8 heteroatoms. The number of thiazole rings is 1. The van der Waals surface area contributed by atoms with Gasteiger partial charge in [-0.3, -0.25) is 9.79 Å².